The number of rotatable bonds is 5. The van der Waals surface area contributed by atoms with Gasteiger partial charge in [-0.15, -0.1) is 0 Å². The van der Waals surface area contributed by atoms with Crippen molar-refractivity contribution in [1.82, 2.24) is 24.9 Å². The van der Waals surface area contributed by atoms with Crippen LogP contribution in [0.2, 0.25) is 0 Å². The van der Waals surface area contributed by atoms with Gasteiger partial charge in [0.15, 0.2) is 5.96 Å². The summed E-state index contributed by atoms with van der Waals surface area (Å²) in [5, 5.41) is 7.54. The molecule has 0 bridgehead atoms. The van der Waals surface area contributed by atoms with Crippen LogP contribution in [0.3, 0.4) is 0 Å². The first-order valence-electron chi connectivity index (χ1n) is 9.29. The average molecular weight is 368 g/mol. The summed E-state index contributed by atoms with van der Waals surface area (Å²) in [6.45, 7) is 2.63. The molecular formula is C20H28N6O. The monoisotopic (exact) mass is 368 g/mol. The van der Waals surface area contributed by atoms with Crippen LogP contribution >= 0.6 is 0 Å². The zero-order valence-corrected chi connectivity index (χ0v) is 16.3. The van der Waals surface area contributed by atoms with E-state index in [0.717, 1.165) is 31.0 Å². The van der Waals surface area contributed by atoms with Gasteiger partial charge in [0.05, 0.1) is 19.3 Å². The van der Waals surface area contributed by atoms with Gasteiger partial charge >= 0.3 is 0 Å². The summed E-state index contributed by atoms with van der Waals surface area (Å²) in [6, 6.07) is 10.2. The Balaban J connectivity index is 1.69. The molecule has 1 atom stereocenters. The Morgan fingerprint density at radius 3 is 2.78 bits per heavy atom. The fourth-order valence-electron chi connectivity index (χ4n) is 3.21. The lowest BCUT2D eigenvalue weighted by molar-refractivity contribution is -0.127. The first-order chi connectivity index (χ1) is 13.0. The lowest BCUT2D eigenvalue weighted by Gasteiger charge is -2.22. The van der Waals surface area contributed by atoms with Crippen molar-refractivity contribution in [2.75, 3.05) is 33.7 Å². The van der Waals surface area contributed by atoms with Crippen molar-refractivity contribution in [3.05, 3.63) is 53.9 Å². The number of nitrogens with zero attached hydrogens (tertiary/aromatic N) is 5. The van der Waals surface area contributed by atoms with Crippen LogP contribution in [-0.2, 0) is 18.4 Å². The van der Waals surface area contributed by atoms with E-state index in [0.29, 0.717) is 12.5 Å². The molecule has 1 aromatic carbocycles. The highest BCUT2D eigenvalue weighted by molar-refractivity contribution is 5.86. The van der Waals surface area contributed by atoms with E-state index in [-0.39, 0.29) is 12.5 Å². The van der Waals surface area contributed by atoms with Gasteiger partial charge in [0.1, 0.15) is 0 Å². The molecular weight excluding hydrogens is 340 g/mol. The molecule has 144 valence electrons. The van der Waals surface area contributed by atoms with Gasteiger partial charge in [-0.25, -0.2) is 4.99 Å². The quantitative estimate of drug-likeness (QED) is 0.641. The topological polar surface area (TPSA) is 65.8 Å². The van der Waals surface area contributed by atoms with Gasteiger partial charge < -0.3 is 15.1 Å². The van der Waals surface area contributed by atoms with Crippen molar-refractivity contribution in [1.29, 1.82) is 0 Å². The predicted molar refractivity (Wildman–Crippen MR) is 106 cm³/mol. The number of carbonyl (C=O) groups excluding carboxylic acids is 1. The molecule has 1 N–H and O–H groups in total. The molecule has 2 heterocycles. The van der Waals surface area contributed by atoms with E-state index in [1.54, 1.807) is 19.0 Å². The molecule has 2 aromatic rings. The summed E-state index contributed by atoms with van der Waals surface area (Å²) in [5.41, 5.74) is 2.41. The zero-order chi connectivity index (χ0) is 19.2. The molecule has 3 rings (SSSR count). The van der Waals surface area contributed by atoms with E-state index in [1.165, 1.54) is 5.56 Å². The molecule has 27 heavy (non-hydrogen) atoms. The second-order valence-corrected chi connectivity index (χ2v) is 7.15. The number of nitrogens with one attached hydrogen (secondary N) is 1. The van der Waals surface area contributed by atoms with Crippen LogP contribution in [-0.4, -0.2) is 65.2 Å². The van der Waals surface area contributed by atoms with Crippen LogP contribution in [0.1, 0.15) is 23.5 Å². The van der Waals surface area contributed by atoms with Crippen molar-refractivity contribution in [2.24, 2.45) is 12.0 Å². The predicted octanol–water partition coefficient (Wildman–Crippen LogP) is 1.44. The first kappa shape index (κ1) is 18.9. The van der Waals surface area contributed by atoms with E-state index in [4.69, 9.17) is 4.99 Å². The van der Waals surface area contributed by atoms with Gasteiger partial charge in [0.25, 0.3) is 0 Å². The van der Waals surface area contributed by atoms with Crippen LogP contribution in [0.4, 0.5) is 0 Å². The Labute approximate surface area is 160 Å². The second kappa shape index (κ2) is 8.70. The van der Waals surface area contributed by atoms with Crippen LogP contribution in [0.5, 0.6) is 0 Å². The summed E-state index contributed by atoms with van der Waals surface area (Å²) in [6.07, 6.45) is 5.08. The van der Waals surface area contributed by atoms with Gasteiger partial charge in [-0.1, -0.05) is 30.3 Å². The molecule has 1 unspecified atom stereocenters. The minimum Gasteiger partial charge on any atom is -0.347 e. The van der Waals surface area contributed by atoms with Gasteiger partial charge in [0, 0.05) is 46.3 Å². The molecule has 0 spiro atoms. The molecule has 1 amide bonds. The summed E-state index contributed by atoms with van der Waals surface area (Å²) in [4.78, 5) is 20.6. The summed E-state index contributed by atoms with van der Waals surface area (Å²) < 4.78 is 1.84. The lowest BCUT2D eigenvalue weighted by Crippen LogP contribution is -2.44. The number of likely N-dealkylation sites (tertiary alicyclic amines) is 1. The number of benzene rings is 1. The smallest absolute Gasteiger partial charge is 0.241 e. The van der Waals surface area contributed by atoms with E-state index < -0.39 is 0 Å². The summed E-state index contributed by atoms with van der Waals surface area (Å²) in [7, 11) is 5.47. The number of carbonyl (C=O) groups is 1. The minimum absolute atomic E-state index is 0.0328. The molecule has 0 radical (unpaired) electrons. The Kier molecular flexibility index (Phi) is 6.11. The maximum Gasteiger partial charge on any atom is 0.241 e. The van der Waals surface area contributed by atoms with Crippen molar-refractivity contribution in [3.63, 3.8) is 0 Å². The Morgan fingerprint density at radius 1 is 1.33 bits per heavy atom. The summed E-state index contributed by atoms with van der Waals surface area (Å²) >= 11 is 0. The number of hydrogen-bond acceptors (Lipinski definition) is 3. The normalized spacial score (nSPS) is 17.2. The number of guanidine groups is 1. The maximum absolute atomic E-state index is 12.0. The van der Waals surface area contributed by atoms with Crippen molar-refractivity contribution in [2.45, 2.75) is 18.9 Å². The minimum atomic E-state index is 0.0328. The fraction of sp³-hybridized carbons (Fsp3) is 0.450. The van der Waals surface area contributed by atoms with Crippen molar-refractivity contribution in [3.8, 4) is 0 Å². The molecule has 7 nitrogen and oxygen atoms in total. The van der Waals surface area contributed by atoms with Gasteiger partial charge in [0.2, 0.25) is 5.91 Å². The third kappa shape index (κ3) is 5.09. The van der Waals surface area contributed by atoms with E-state index in [9.17, 15) is 4.79 Å². The van der Waals surface area contributed by atoms with Crippen LogP contribution in [0, 0.1) is 0 Å². The highest BCUT2D eigenvalue weighted by atomic mass is 16.2. The molecule has 0 saturated carbocycles. The number of aliphatic imine (C=N–C) groups is 1. The van der Waals surface area contributed by atoms with Crippen molar-refractivity contribution < 1.29 is 4.79 Å². The maximum atomic E-state index is 12.0. The highest BCUT2D eigenvalue weighted by Gasteiger charge is 2.27. The molecule has 1 aromatic heterocycles. The number of aryl methyl sites for hydroxylation is 1. The SMILES string of the molecule is CN(C)C(=O)CNC(=NCc1ccccc1)N1CCC(c2cnn(C)c2)C1. The van der Waals surface area contributed by atoms with E-state index >= 15 is 0 Å². The molecule has 7 heteroatoms. The Morgan fingerprint density at radius 2 is 2.11 bits per heavy atom. The fourth-order valence-corrected chi connectivity index (χ4v) is 3.21. The van der Waals surface area contributed by atoms with Crippen LogP contribution < -0.4 is 5.32 Å². The number of aromatic nitrogens is 2. The standard InChI is InChI=1S/C20H28N6O/c1-24(2)19(27)13-22-20(21-11-16-7-5-4-6-8-16)26-10-9-17(15-26)18-12-23-25(3)14-18/h4-8,12,14,17H,9-11,13,15H2,1-3H3,(H,21,22). The molecule has 1 fully saturated rings. The van der Waals surface area contributed by atoms with Gasteiger partial charge in [-0.2, -0.15) is 5.10 Å². The Bertz CT molecular complexity index is 783. The zero-order valence-electron chi connectivity index (χ0n) is 16.3. The van der Waals surface area contributed by atoms with Crippen LogP contribution in [0.15, 0.2) is 47.7 Å². The Hall–Kier alpha value is -2.83. The molecule has 1 saturated heterocycles. The number of likely N-dealkylation sites (N-methyl/N-ethyl adjacent to an activating group) is 1. The molecule has 1 aliphatic rings. The van der Waals surface area contributed by atoms with Crippen LogP contribution in [0.25, 0.3) is 0 Å². The summed E-state index contributed by atoms with van der Waals surface area (Å²) in [5.74, 6) is 1.26. The lowest BCUT2D eigenvalue weighted by atomic mass is 10.0. The van der Waals surface area contributed by atoms with E-state index in [2.05, 4.69) is 33.6 Å². The number of amides is 1. The third-order valence-corrected chi connectivity index (χ3v) is 4.83. The largest absolute Gasteiger partial charge is 0.347 e. The van der Waals surface area contributed by atoms with Crippen molar-refractivity contribution >= 4 is 11.9 Å². The average Bonchev–Trinajstić information content (AvgIpc) is 3.31. The molecule has 1 aliphatic heterocycles. The number of hydrogen-bond donors (Lipinski definition) is 1. The first-order valence-corrected chi connectivity index (χ1v) is 9.29. The third-order valence-electron chi connectivity index (χ3n) is 4.83. The van der Waals surface area contributed by atoms with Gasteiger partial charge in [-0.3, -0.25) is 9.48 Å². The van der Waals surface area contributed by atoms with E-state index in [1.807, 2.05) is 36.1 Å². The highest BCUT2D eigenvalue weighted by Crippen LogP contribution is 2.26. The second-order valence-electron chi connectivity index (χ2n) is 7.15. The van der Waals surface area contributed by atoms with Gasteiger partial charge in [-0.05, 0) is 17.5 Å². The molecule has 0 aliphatic carbocycles.